The minimum absolute atomic E-state index is 0.549. The van der Waals surface area contributed by atoms with Crippen LogP contribution in [0.3, 0.4) is 0 Å². The van der Waals surface area contributed by atoms with Gasteiger partial charge in [-0.3, -0.25) is 4.98 Å². The van der Waals surface area contributed by atoms with Crippen LogP contribution in [0.25, 0.3) is 10.2 Å². The van der Waals surface area contributed by atoms with Crippen LogP contribution < -0.4 is 9.64 Å². The maximum atomic E-state index is 5.73. The van der Waals surface area contributed by atoms with E-state index in [0.717, 1.165) is 42.0 Å². The fraction of sp³-hybridized carbons (Fsp3) is 0.375. The fourth-order valence-electron chi connectivity index (χ4n) is 2.90. The summed E-state index contributed by atoms with van der Waals surface area (Å²) in [6.45, 7) is 2.69. The number of hydrogen-bond donors (Lipinski definition) is 0. The Hall–Kier alpha value is -2.28. The third kappa shape index (κ3) is 3.10. The van der Waals surface area contributed by atoms with E-state index in [0.29, 0.717) is 18.4 Å². The summed E-state index contributed by atoms with van der Waals surface area (Å²) < 4.78 is 5.73. The van der Waals surface area contributed by atoms with Crippen molar-refractivity contribution in [3.8, 4) is 5.88 Å². The van der Waals surface area contributed by atoms with Crippen molar-refractivity contribution in [2.75, 3.05) is 24.6 Å². The molecule has 0 saturated carbocycles. The lowest BCUT2D eigenvalue weighted by Gasteiger charge is -2.32. The number of hydrogen-bond acceptors (Lipinski definition) is 7. The fourth-order valence-corrected chi connectivity index (χ4v) is 3.63. The Morgan fingerprint density at radius 1 is 1.17 bits per heavy atom. The highest BCUT2D eigenvalue weighted by atomic mass is 32.1. The van der Waals surface area contributed by atoms with E-state index >= 15 is 0 Å². The SMILES string of the molecule is c1cnc(OCC2CCN(c3ncnc4sccc34)CC2)cn1. The number of piperidine rings is 1. The molecule has 0 bridgehead atoms. The second-order valence-corrected chi connectivity index (χ2v) is 6.52. The summed E-state index contributed by atoms with van der Waals surface area (Å²) in [4.78, 5) is 20.4. The van der Waals surface area contributed by atoms with Gasteiger partial charge in [0.05, 0.1) is 18.2 Å². The molecule has 7 heteroatoms. The number of aromatic nitrogens is 4. The zero-order chi connectivity index (χ0) is 15.5. The third-order valence-electron chi connectivity index (χ3n) is 4.16. The monoisotopic (exact) mass is 327 g/mol. The molecule has 0 aromatic carbocycles. The zero-order valence-corrected chi connectivity index (χ0v) is 13.4. The van der Waals surface area contributed by atoms with Crippen molar-refractivity contribution < 1.29 is 4.74 Å². The molecular formula is C16H17N5OS. The Balaban J connectivity index is 1.37. The summed E-state index contributed by atoms with van der Waals surface area (Å²) in [5, 5.41) is 3.23. The molecule has 1 aliphatic heterocycles. The van der Waals surface area contributed by atoms with E-state index in [9.17, 15) is 0 Å². The minimum Gasteiger partial charge on any atom is -0.476 e. The minimum atomic E-state index is 0.549. The normalized spacial score (nSPS) is 15.9. The molecule has 3 aromatic heterocycles. The van der Waals surface area contributed by atoms with E-state index in [-0.39, 0.29) is 0 Å². The number of fused-ring (bicyclic) bond motifs is 1. The summed E-state index contributed by atoms with van der Waals surface area (Å²) in [5.41, 5.74) is 0. The molecule has 0 amide bonds. The Bertz CT molecular complexity index is 770. The second-order valence-electron chi connectivity index (χ2n) is 5.62. The van der Waals surface area contributed by atoms with Crippen molar-refractivity contribution in [1.29, 1.82) is 0 Å². The number of rotatable bonds is 4. The van der Waals surface area contributed by atoms with Gasteiger partial charge in [0.1, 0.15) is 17.0 Å². The second kappa shape index (κ2) is 6.45. The van der Waals surface area contributed by atoms with Crippen molar-refractivity contribution >= 4 is 27.4 Å². The molecule has 0 aliphatic carbocycles. The molecule has 6 nitrogen and oxygen atoms in total. The molecule has 0 radical (unpaired) electrons. The van der Waals surface area contributed by atoms with E-state index in [4.69, 9.17) is 4.74 Å². The van der Waals surface area contributed by atoms with E-state index in [1.807, 2.05) is 0 Å². The first-order chi connectivity index (χ1) is 11.4. The Kier molecular flexibility index (Phi) is 4.02. The molecule has 1 fully saturated rings. The number of ether oxygens (including phenoxy) is 1. The highest BCUT2D eigenvalue weighted by molar-refractivity contribution is 7.16. The molecule has 0 unspecified atom stereocenters. The van der Waals surface area contributed by atoms with E-state index in [1.165, 1.54) is 0 Å². The summed E-state index contributed by atoms with van der Waals surface area (Å²) in [7, 11) is 0. The van der Waals surface area contributed by atoms with Crippen LogP contribution in [0.4, 0.5) is 5.82 Å². The summed E-state index contributed by atoms with van der Waals surface area (Å²) in [6.07, 6.45) is 8.81. The van der Waals surface area contributed by atoms with E-state index in [2.05, 4.69) is 36.3 Å². The van der Waals surface area contributed by atoms with E-state index in [1.54, 1.807) is 36.3 Å². The maximum Gasteiger partial charge on any atom is 0.232 e. The molecule has 1 saturated heterocycles. The van der Waals surface area contributed by atoms with E-state index < -0.39 is 0 Å². The number of thiophene rings is 1. The molecule has 4 heterocycles. The smallest absolute Gasteiger partial charge is 0.232 e. The average Bonchev–Trinajstić information content (AvgIpc) is 3.10. The van der Waals surface area contributed by atoms with Gasteiger partial charge in [0, 0.05) is 25.5 Å². The van der Waals surface area contributed by atoms with Crippen molar-refractivity contribution in [3.05, 3.63) is 36.4 Å². The van der Waals surface area contributed by atoms with Crippen LogP contribution in [-0.2, 0) is 0 Å². The molecule has 4 rings (SSSR count). The zero-order valence-electron chi connectivity index (χ0n) is 12.6. The first-order valence-corrected chi connectivity index (χ1v) is 8.60. The highest BCUT2D eigenvalue weighted by Gasteiger charge is 2.22. The Morgan fingerprint density at radius 2 is 2.09 bits per heavy atom. The van der Waals surface area contributed by atoms with Crippen molar-refractivity contribution in [3.63, 3.8) is 0 Å². The van der Waals surface area contributed by atoms with Crippen LogP contribution in [0.5, 0.6) is 5.88 Å². The van der Waals surface area contributed by atoms with Crippen LogP contribution in [0.2, 0.25) is 0 Å². The van der Waals surface area contributed by atoms with Crippen LogP contribution in [-0.4, -0.2) is 39.6 Å². The van der Waals surface area contributed by atoms with Gasteiger partial charge >= 0.3 is 0 Å². The van der Waals surface area contributed by atoms with Gasteiger partial charge in [-0.25, -0.2) is 15.0 Å². The first-order valence-electron chi connectivity index (χ1n) is 7.72. The summed E-state index contributed by atoms with van der Waals surface area (Å²) in [5.74, 6) is 2.21. The molecule has 1 aliphatic rings. The summed E-state index contributed by atoms with van der Waals surface area (Å²) >= 11 is 1.66. The number of anilines is 1. The van der Waals surface area contributed by atoms with Gasteiger partial charge in [0.25, 0.3) is 0 Å². The molecule has 0 N–H and O–H groups in total. The van der Waals surface area contributed by atoms with Gasteiger partial charge in [-0.1, -0.05) is 0 Å². The highest BCUT2D eigenvalue weighted by Crippen LogP contribution is 2.29. The molecule has 3 aromatic rings. The summed E-state index contributed by atoms with van der Waals surface area (Å²) in [6, 6.07) is 2.11. The molecule has 118 valence electrons. The molecular weight excluding hydrogens is 310 g/mol. The van der Waals surface area contributed by atoms with Gasteiger partial charge in [0.2, 0.25) is 5.88 Å². The largest absolute Gasteiger partial charge is 0.476 e. The Morgan fingerprint density at radius 3 is 2.91 bits per heavy atom. The molecule has 0 spiro atoms. The topological polar surface area (TPSA) is 64.0 Å². The number of nitrogens with zero attached hydrogens (tertiary/aromatic N) is 5. The lowest BCUT2D eigenvalue weighted by molar-refractivity contribution is 0.215. The van der Waals surface area contributed by atoms with Crippen LogP contribution >= 0.6 is 11.3 Å². The van der Waals surface area contributed by atoms with Gasteiger partial charge in [-0.2, -0.15) is 0 Å². The van der Waals surface area contributed by atoms with Gasteiger partial charge in [-0.15, -0.1) is 11.3 Å². The lowest BCUT2D eigenvalue weighted by atomic mass is 9.98. The quantitative estimate of drug-likeness (QED) is 0.734. The van der Waals surface area contributed by atoms with Gasteiger partial charge in [-0.05, 0) is 30.2 Å². The average molecular weight is 327 g/mol. The van der Waals surface area contributed by atoms with Gasteiger partial charge in [0.15, 0.2) is 0 Å². The molecule has 23 heavy (non-hydrogen) atoms. The maximum absolute atomic E-state index is 5.73. The van der Waals surface area contributed by atoms with Crippen molar-refractivity contribution in [2.45, 2.75) is 12.8 Å². The Labute approximate surface area is 138 Å². The van der Waals surface area contributed by atoms with Crippen molar-refractivity contribution in [2.24, 2.45) is 5.92 Å². The molecule has 0 atom stereocenters. The third-order valence-corrected chi connectivity index (χ3v) is 4.98. The predicted molar refractivity (Wildman–Crippen MR) is 89.9 cm³/mol. The lowest BCUT2D eigenvalue weighted by Crippen LogP contribution is -2.36. The van der Waals surface area contributed by atoms with Crippen molar-refractivity contribution in [1.82, 2.24) is 19.9 Å². The van der Waals surface area contributed by atoms with Crippen LogP contribution in [0, 0.1) is 5.92 Å². The standard InChI is InChI=1S/C16H17N5OS/c1-6-21(15-13-3-8-23-16(13)20-11-19-15)7-2-12(1)10-22-14-9-17-4-5-18-14/h3-5,8-9,11-12H,1-2,6-7,10H2. The van der Waals surface area contributed by atoms with Gasteiger partial charge < -0.3 is 9.64 Å². The first kappa shape index (κ1) is 14.3. The van der Waals surface area contributed by atoms with Crippen LogP contribution in [0.15, 0.2) is 36.4 Å². The van der Waals surface area contributed by atoms with Crippen LogP contribution in [0.1, 0.15) is 12.8 Å². The predicted octanol–water partition coefficient (Wildman–Crippen LogP) is 2.78.